The molecule has 1 aliphatic heterocycles. The van der Waals surface area contributed by atoms with Crippen molar-refractivity contribution in [2.75, 3.05) is 24.5 Å². The maximum atomic E-state index is 13.3. The summed E-state index contributed by atoms with van der Waals surface area (Å²) in [6.45, 7) is 12.2. The lowest BCUT2D eigenvalue weighted by molar-refractivity contribution is -0.118. The summed E-state index contributed by atoms with van der Waals surface area (Å²) in [6, 6.07) is 9.46. The Morgan fingerprint density at radius 1 is 1.09 bits per heavy atom. The Hall–Kier alpha value is -2.71. The van der Waals surface area contributed by atoms with Crippen LogP contribution >= 0.6 is 0 Å². The van der Waals surface area contributed by atoms with Crippen molar-refractivity contribution in [2.24, 2.45) is 0 Å². The summed E-state index contributed by atoms with van der Waals surface area (Å²) in [5, 5.41) is 0. The van der Waals surface area contributed by atoms with E-state index >= 15 is 0 Å². The van der Waals surface area contributed by atoms with E-state index in [1.54, 1.807) is 12.1 Å². The summed E-state index contributed by atoms with van der Waals surface area (Å²) in [5.74, 6) is 0.918. The van der Waals surface area contributed by atoms with E-state index in [4.69, 9.17) is 4.98 Å². The normalized spacial score (nSPS) is 14.1. The van der Waals surface area contributed by atoms with Gasteiger partial charge in [0.2, 0.25) is 15.9 Å². The number of aromatic nitrogens is 2. The third-order valence-electron chi connectivity index (χ3n) is 7.01. The van der Waals surface area contributed by atoms with Crippen molar-refractivity contribution >= 4 is 32.7 Å². The summed E-state index contributed by atoms with van der Waals surface area (Å²) in [6.07, 6.45) is 2.85. The summed E-state index contributed by atoms with van der Waals surface area (Å²) < 4.78 is 29.5. The van der Waals surface area contributed by atoms with E-state index in [1.165, 1.54) is 21.0 Å². The average molecular weight is 497 g/mol. The lowest BCUT2D eigenvalue weighted by Gasteiger charge is -2.31. The molecule has 35 heavy (non-hydrogen) atoms. The van der Waals surface area contributed by atoms with Crippen LogP contribution < -0.4 is 4.90 Å². The van der Waals surface area contributed by atoms with E-state index < -0.39 is 10.0 Å². The standard InChI is InChI=1S/C27H36N4O3S/c1-6-29(7-2)35(33,34)21-11-12-24-23(18-21)28-26(30(24)8-3)13-14-27(32)31-15-9-10-22-20(5)16-19(4)17-25(22)31/h11-12,16-18H,6-10,13-15H2,1-5H3. The van der Waals surface area contributed by atoms with Crippen molar-refractivity contribution in [3.63, 3.8) is 0 Å². The molecule has 0 spiro atoms. The van der Waals surface area contributed by atoms with Crippen LogP contribution in [0.4, 0.5) is 5.69 Å². The number of sulfonamides is 1. The molecule has 188 valence electrons. The molecule has 1 aromatic heterocycles. The van der Waals surface area contributed by atoms with Crippen molar-refractivity contribution in [3.05, 3.63) is 52.8 Å². The fraction of sp³-hybridized carbons (Fsp3) is 0.481. The molecule has 3 aromatic rings. The minimum atomic E-state index is -3.56. The van der Waals surface area contributed by atoms with Crippen molar-refractivity contribution in [1.82, 2.24) is 13.9 Å². The highest BCUT2D eigenvalue weighted by Crippen LogP contribution is 2.32. The van der Waals surface area contributed by atoms with Crippen LogP contribution in [0, 0.1) is 13.8 Å². The molecule has 2 heterocycles. The number of carbonyl (C=O) groups excluding carboxylic acids is 1. The number of hydrogen-bond donors (Lipinski definition) is 0. The van der Waals surface area contributed by atoms with Gasteiger partial charge >= 0.3 is 0 Å². The molecule has 0 bridgehead atoms. The van der Waals surface area contributed by atoms with E-state index in [2.05, 4.69) is 30.5 Å². The molecule has 0 unspecified atom stereocenters. The molecule has 0 saturated carbocycles. The highest BCUT2D eigenvalue weighted by Gasteiger charge is 2.25. The van der Waals surface area contributed by atoms with Crippen LogP contribution in [0.15, 0.2) is 35.2 Å². The van der Waals surface area contributed by atoms with Gasteiger partial charge in [0.1, 0.15) is 5.82 Å². The first kappa shape index (κ1) is 25.4. The number of rotatable bonds is 8. The van der Waals surface area contributed by atoms with Gasteiger partial charge in [-0.25, -0.2) is 13.4 Å². The number of nitrogens with zero attached hydrogens (tertiary/aromatic N) is 4. The lowest BCUT2D eigenvalue weighted by Crippen LogP contribution is -2.36. The number of fused-ring (bicyclic) bond motifs is 2. The van der Waals surface area contributed by atoms with Crippen molar-refractivity contribution in [3.8, 4) is 0 Å². The molecule has 0 atom stereocenters. The number of imidazole rings is 1. The highest BCUT2D eigenvalue weighted by atomic mass is 32.2. The summed E-state index contributed by atoms with van der Waals surface area (Å²) in [5.41, 5.74) is 6.29. The smallest absolute Gasteiger partial charge is 0.243 e. The molecule has 1 amide bonds. The Morgan fingerprint density at radius 2 is 1.83 bits per heavy atom. The topological polar surface area (TPSA) is 75.5 Å². The fourth-order valence-corrected chi connectivity index (χ4v) is 6.74. The first-order valence-corrected chi connectivity index (χ1v) is 14.0. The fourth-order valence-electron chi connectivity index (χ4n) is 5.26. The van der Waals surface area contributed by atoms with E-state index in [-0.39, 0.29) is 10.8 Å². The van der Waals surface area contributed by atoms with Crippen LogP contribution in [-0.2, 0) is 34.2 Å². The summed E-state index contributed by atoms with van der Waals surface area (Å²) >= 11 is 0. The monoisotopic (exact) mass is 496 g/mol. The van der Waals surface area contributed by atoms with Gasteiger partial charge in [0, 0.05) is 44.7 Å². The number of aryl methyl sites for hydroxylation is 4. The maximum absolute atomic E-state index is 13.3. The Balaban J connectivity index is 1.59. The summed E-state index contributed by atoms with van der Waals surface area (Å²) in [4.78, 5) is 20.3. The average Bonchev–Trinajstić information content (AvgIpc) is 3.19. The number of hydrogen-bond acceptors (Lipinski definition) is 4. The molecule has 0 N–H and O–H groups in total. The molecule has 4 rings (SSSR count). The minimum Gasteiger partial charge on any atom is -0.328 e. The maximum Gasteiger partial charge on any atom is 0.243 e. The van der Waals surface area contributed by atoms with Gasteiger partial charge < -0.3 is 9.47 Å². The van der Waals surface area contributed by atoms with Gasteiger partial charge in [0.05, 0.1) is 15.9 Å². The first-order chi connectivity index (χ1) is 16.7. The van der Waals surface area contributed by atoms with E-state index in [9.17, 15) is 13.2 Å². The second-order valence-electron chi connectivity index (χ2n) is 9.24. The quantitative estimate of drug-likeness (QED) is 0.456. The third kappa shape index (κ3) is 4.74. The van der Waals surface area contributed by atoms with Gasteiger partial charge in [-0.1, -0.05) is 19.9 Å². The second kappa shape index (κ2) is 10.1. The molecule has 8 heteroatoms. The van der Waals surface area contributed by atoms with Crippen LogP contribution in [0.5, 0.6) is 0 Å². The van der Waals surface area contributed by atoms with Crippen molar-refractivity contribution in [2.45, 2.75) is 71.7 Å². The predicted molar refractivity (Wildman–Crippen MR) is 140 cm³/mol. The van der Waals surface area contributed by atoms with Crippen LogP contribution in [0.25, 0.3) is 11.0 Å². The molecule has 0 radical (unpaired) electrons. The molecular formula is C27H36N4O3S. The van der Waals surface area contributed by atoms with Gasteiger partial charge in [-0.2, -0.15) is 4.31 Å². The SMILES string of the molecule is CCN(CC)S(=O)(=O)c1ccc2c(c1)nc(CCC(=O)N1CCCc3c(C)cc(C)cc31)n2CC. The Labute approximate surface area is 208 Å². The minimum absolute atomic E-state index is 0.107. The molecule has 7 nitrogen and oxygen atoms in total. The predicted octanol–water partition coefficient (Wildman–Crippen LogP) is 4.62. The molecule has 1 aliphatic rings. The summed E-state index contributed by atoms with van der Waals surface area (Å²) in [7, 11) is -3.56. The second-order valence-corrected chi connectivity index (χ2v) is 11.2. The van der Waals surface area contributed by atoms with Crippen molar-refractivity contribution in [1.29, 1.82) is 0 Å². The van der Waals surface area contributed by atoms with E-state index in [0.29, 0.717) is 38.0 Å². The molecule has 2 aromatic carbocycles. The Morgan fingerprint density at radius 3 is 2.51 bits per heavy atom. The zero-order chi connectivity index (χ0) is 25.3. The van der Waals surface area contributed by atoms with E-state index in [0.717, 1.165) is 36.4 Å². The first-order valence-electron chi connectivity index (χ1n) is 12.6. The van der Waals surface area contributed by atoms with Crippen LogP contribution in [0.3, 0.4) is 0 Å². The van der Waals surface area contributed by atoms with Gasteiger partial charge in [0.25, 0.3) is 0 Å². The molecule has 0 saturated heterocycles. The Bertz CT molecular complexity index is 1360. The van der Waals surface area contributed by atoms with Crippen molar-refractivity contribution < 1.29 is 13.2 Å². The number of carbonyl (C=O) groups is 1. The molecule has 0 fully saturated rings. The Kier molecular flexibility index (Phi) is 7.33. The third-order valence-corrected chi connectivity index (χ3v) is 9.06. The number of benzene rings is 2. The largest absolute Gasteiger partial charge is 0.328 e. The van der Waals surface area contributed by atoms with Gasteiger partial charge in [-0.05, 0) is 74.6 Å². The lowest BCUT2D eigenvalue weighted by atomic mass is 9.95. The molecular weight excluding hydrogens is 460 g/mol. The van der Waals surface area contributed by atoms with Gasteiger partial charge in [-0.3, -0.25) is 4.79 Å². The zero-order valence-corrected chi connectivity index (χ0v) is 22.3. The zero-order valence-electron chi connectivity index (χ0n) is 21.5. The van der Waals surface area contributed by atoms with E-state index in [1.807, 2.05) is 31.7 Å². The number of anilines is 1. The highest BCUT2D eigenvalue weighted by molar-refractivity contribution is 7.89. The van der Waals surface area contributed by atoms with Crippen LogP contribution in [0.1, 0.15) is 56.1 Å². The van der Waals surface area contributed by atoms with Gasteiger partial charge in [0.15, 0.2) is 0 Å². The van der Waals surface area contributed by atoms with Crippen LogP contribution in [0.2, 0.25) is 0 Å². The van der Waals surface area contributed by atoms with Gasteiger partial charge in [-0.15, -0.1) is 0 Å². The van der Waals surface area contributed by atoms with Crippen LogP contribution in [-0.4, -0.2) is 47.8 Å². The number of amides is 1. The molecule has 0 aliphatic carbocycles.